The molecule has 1 N–H and O–H groups in total. The molecule has 0 saturated carbocycles. The molecular formula is C12H16N4O. The molecule has 0 amide bonds. The summed E-state index contributed by atoms with van der Waals surface area (Å²) in [6.07, 6.45) is 5.29. The fourth-order valence-electron chi connectivity index (χ4n) is 1.46. The Balaban J connectivity index is 1.93. The molecule has 0 unspecified atom stereocenters. The van der Waals surface area contributed by atoms with Crippen LogP contribution < -0.4 is 10.1 Å². The highest BCUT2D eigenvalue weighted by molar-refractivity contribution is 5.20. The summed E-state index contributed by atoms with van der Waals surface area (Å²) in [6.45, 7) is 1.27. The van der Waals surface area contributed by atoms with Gasteiger partial charge in [0.05, 0.1) is 30.1 Å². The van der Waals surface area contributed by atoms with Crippen molar-refractivity contribution in [3.05, 3.63) is 42.2 Å². The van der Waals surface area contributed by atoms with E-state index < -0.39 is 0 Å². The van der Waals surface area contributed by atoms with Gasteiger partial charge in [0, 0.05) is 13.6 Å². The van der Waals surface area contributed by atoms with Crippen molar-refractivity contribution in [2.45, 2.75) is 13.2 Å². The van der Waals surface area contributed by atoms with Gasteiger partial charge in [-0.15, -0.1) is 0 Å². The van der Waals surface area contributed by atoms with Gasteiger partial charge in [0.25, 0.3) is 0 Å². The first-order valence-corrected chi connectivity index (χ1v) is 5.47. The van der Waals surface area contributed by atoms with E-state index in [1.807, 2.05) is 30.8 Å². The van der Waals surface area contributed by atoms with Crippen molar-refractivity contribution in [1.29, 1.82) is 0 Å². The van der Waals surface area contributed by atoms with Gasteiger partial charge in [-0.1, -0.05) is 0 Å². The molecule has 0 aliphatic rings. The lowest BCUT2D eigenvalue weighted by atomic mass is 10.3. The normalized spacial score (nSPS) is 10.5. The third-order valence-corrected chi connectivity index (χ3v) is 2.46. The van der Waals surface area contributed by atoms with Gasteiger partial charge in [-0.05, 0) is 19.2 Å². The van der Waals surface area contributed by atoms with E-state index in [2.05, 4.69) is 15.3 Å². The van der Waals surface area contributed by atoms with E-state index >= 15 is 0 Å². The molecule has 2 aromatic heterocycles. The fraction of sp³-hybridized carbons (Fsp3) is 0.333. The molecule has 5 nitrogen and oxygen atoms in total. The van der Waals surface area contributed by atoms with Crippen LogP contribution in [0.2, 0.25) is 0 Å². The third-order valence-electron chi connectivity index (χ3n) is 2.46. The molecule has 2 heterocycles. The maximum Gasteiger partial charge on any atom is 0.138 e. The average molecular weight is 232 g/mol. The molecule has 2 rings (SSSR count). The topological polar surface area (TPSA) is 52.0 Å². The largest absolute Gasteiger partial charge is 0.486 e. The molecule has 0 aliphatic heterocycles. The van der Waals surface area contributed by atoms with Crippen LogP contribution in [-0.4, -0.2) is 21.6 Å². The van der Waals surface area contributed by atoms with E-state index in [9.17, 15) is 0 Å². The van der Waals surface area contributed by atoms with Crippen LogP contribution in [0.25, 0.3) is 0 Å². The highest BCUT2D eigenvalue weighted by Gasteiger charge is 2.00. The van der Waals surface area contributed by atoms with E-state index in [-0.39, 0.29) is 0 Å². The number of aromatic nitrogens is 3. The van der Waals surface area contributed by atoms with Crippen LogP contribution in [0.3, 0.4) is 0 Å². The summed E-state index contributed by atoms with van der Waals surface area (Å²) >= 11 is 0. The Morgan fingerprint density at radius 3 is 2.82 bits per heavy atom. The first-order valence-electron chi connectivity index (χ1n) is 5.47. The molecule has 0 aromatic carbocycles. The van der Waals surface area contributed by atoms with Gasteiger partial charge in [-0.3, -0.25) is 4.98 Å². The zero-order chi connectivity index (χ0) is 12.1. The molecule has 0 spiro atoms. The maximum absolute atomic E-state index is 5.62. The Kier molecular flexibility index (Phi) is 3.72. The van der Waals surface area contributed by atoms with Gasteiger partial charge in [0.15, 0.2) is 0 Å². The van der Waals surface area contributed by atoms with Gasteiger partial charge < -0.3 is 14.6 Å². The van der Waals surface area contributed by atoms with Gasteiger partial charge >= 0.3 is 0 Å². The van der Waals surface area contributed by atoms with E-state index in [1.54, 1.807) is 18.7 Å². The fourth-order valence-corrected chi connectivity index (χ4v) is 1.46. The van der Waals surface area contributed by atoms with Gasteiger partial charge in [-0.25, -0.2) is 4.98 Å². The van der Waals surface area contributed by atoms with Crippen molar-refractivity contribution in [2.75, 3.05) is 7.05 Å². The minimum absolute atomic E-state index is 0.504. The Morgan fingerprint density at radius 1 is 1.35 bits per heavy atom. The van der Waals surface area contributed by atoms with Crippen molar-refractivity contribution >= 4 is 0 Å². The maximum atomic E-state index is 5.62. The van der Waals surface area contributed by atoms with Crippen LogP contribution in [0, 0.1) is 0 Å². The van der Waals surface area contributed by atoms with Gasteiger partial charge in [0.1, 0.15) is 12.4 Å². The Hall–Kier alpha value is -1.88. The molecule has 5 heteroatoms. The predicted molar refractivity (Wildman–Crippen MR) is 64.5 cm³/mol. The standard InChI is InChI=1S/C12H16N4O/c1-13-5-10-3-4-12(7-15-10)17-8-11-6-14-9-16(11)2/h3-4,6-7,9,13H,5,8H2,1-2H3. The number of pyridine rings is 1. The molecular weight excluding hydrogens is 216 g/mol. The number of hydrogen-bond donors (Lipinski definition) is 1. The van der Waals surface area contributed by atoms with Gasteiger partial charge in [-0.2, -0.15) is 0 Å². The Labute approximate surface area is 100 Å². The number of aryl methyl sites for hydroxylation is 1. The quantitative estimate of drug-likeness (QED) is 0.839. The first-order chi connectivity index (χ1) is 8.29. The van der Waals surface area contributed by atoms with Crippen molar-refractivity contribution in [1.82, 2.24) is 19.9 Å². The lowest BCUT2D eigenvalue weighted by molar-refractivity contribution is 0.295. The number of ether oxygens (including phenoxy) is 1. The molecule has 90 valence electrons. The molecule has 0 fully saturated rings. The van der Waals surface area contributed by atoms with Crippen LogP contribution >= 0.6 is 0 Å². The van der Waals surface area contributed by atoms with E-state index in [0.29, 0.717) is 6.61 Å². The van der Waals surface area contributed by atoms with Crippen molar-refractivity contribution < 1.29 is 4.74 Å². The molecule has 2 aromatic rings. The average Bonchev–Trinajstić information content (AvgIpc) is 2.75. The van der Waals surface area contributed by atoms with E-state index in [4.69, 9.17) is 4.74 Å². The summed E-state index contributed by atoms with van der Waals surface area (Å²) < 4.78 is 7.55. The number of rotatable bonds is 5. The summed E-state index contributed by atoms with van der Waals surface area (Å²) in [5.41, 5.74) is 2.03. The van der Waals surface area contributed by atoms with E-state index in [1.165, 1.54) is 0 Å². The Morgan fingerprint density at radius 2 is 2.24 bits per heavy atom. The number of hydrogen-bond acceptors (Lipinski definition) is 4. The van der Waals surface area contributed by atoms with Crippen LogP contribution in [-0.2, 0) is 20.2 Å². The van der Waals surface area contributed by atoms with Crippen LogP contribution in [0.15, 0.2) is 30.9 Å². The zero-order valence-corrected chi connectivity index (χ0v) is 10.1. The summed E-state index contributed by atoms with van der Waals surface area (Å²) in [5.74, 6) is 0.769. The second-order valence-corrected chi connectivity index (χ2v) is 3.80. The van der Waals surface area contributed by atoms with Crippen molar-refractivity contribution in [3.63, 3.8) is 0 Å². The van der Waals surface area contributed by atoms with E-state index in [0.717, 1.165) is 23.7 Å². The van der Waals surface area contributed by atoms with Gasteiger partial charge in [0.2, 0.25) is 0 Å². The molecule has 0 aliphatic carbocycles. The van der Waals surface area contributed by atoms with Crippen molar-refractivity contribution in [2.24, 2.45) is 7.05 Å². The number of nitrogens with zero attached hydrogens (tertiary/aromatic N) is 3. The summed E-state index contributed by atoms with van der Waals surface area (Å²) in [6, 6.07) is 3.88. The molecule has 0 saturated heterocycles. The smallest absolute Gasteiger partial charge is 0.138 e. The number of imidazole rings is 1. The number of nitrogens with one attached hydrogen (secondary N) is 1. The minimum atomic E-state index is 0.504. The molecule has 0 radical (unpaired) electrons. The summed E-state index contributed by atoms with van der Waals surface area (Å²) in [5, 5.41) is 3.05. The molecule has 17 heavy (non-hydrogen) atoms. The lowest BCUT2D eigenvalue weighted by Gasteiger charge is -2.06. The zero-order valence-electron chi connectivity index (χ0n) is 10.1. The van der Waals surface area contributed by atoms with Crippen LogP contribution in [0.5, 0.6) is 5.75 Å². The highest BCUT2D eigenvalue weighted by Crippen LogP contribution is 2.11. The third kappa shape index (κ3) is 3.04. The predicted octanol–water partition coefficient (Wildman–Crippen LogP) is 1.11. The SMILES string of the molecule is CNCc1ccc(OCc2cncn2C)cn1. The monoisotopic (exact) mass is 232 g/mol. The van der Waals surface area contributed by atoms with Crippen LogP contribution in [0.4, 0.5) is 0 Å². The second-order valence-electron chi connectivity index (χ2n) is 3.80. The molecule has 0 atom stereocenters. The first kappa shape index (κ1) is 11.6. The molecule has 0 bridgehead atoms. The summed E-state index contributed by atoms with van der Waals surface area (Å²) in [7, 11) is 3.84. The van der Waals surface area contributed by atoms with Crippen molar-refractivity contribution in [3.8, 4) is 5.75 Å². The minimum Gasteiger partial charge on any atom is -0.486 e. The summed E-state index contributed by atoms with van der Waals surface area (Å²) in [4.78, 5) is 8.31. The second kappa shape index (κ2) is 5.45. The lowest BCUT2D eigenvalue weighted by Crippen LogP contribution is -2.07. The van der Waals surface area contributed by atoms with Crippen LogP contribution in [0.1, 0.15) is 11.4 Å². The highest BCUT2D eigenvalue weighted by atomic mass is 16.5. The Bertz CT molecular complexity index is 464.